The van der Waals surface area contributed by atoms with E-state index >= 15 is 0 Å². The SMILES string of the molecule is CC(C(=O)N1CCN(C(=O)c2ccco2)CC1)N1C(=O)c2ccccc2C1=O. The lowest BCUT2D eigenvalue weighted by atomic mass is 10.1. The minimum atomic E-state index is -0.903. The lowest BCUT2D eigenvalue weighted by Gasteiger charge is -2.36. The monoisotopic (exact) mass is 381 g/mol. The van der Waals surface area contributed by atoms with Gasteiger partial charge in [0.05, 0.1) is 17.4 Å². The molecule has 2 aliphatic rings. The number of carbonyl (C=O) groups is 4. The largest absolute Gasteiger partial charge is 0.459 e. The summed E-state index contributed by atoms with van der Waals surface area (Å²) >= 11 is 0. The van der Waals surface area contributed by atoms with Crippen LogP contribution in [-0.4, -0.2) is 70.5 Å². The molecule has 1 fully saturated rings. The molecular weight excluding hydrogens is 362 g/mol. The van der Waals surface area contributed by atoms with Crippen molar-refractivity contribution in [3.8, 4) is 0 Å². The summed E-state index contributed by atoms with van der Waals surface area (Å²) in [6, 6.07) is 8.91. The van der Waals surface area contributed by atoms with Crippen LogP contribution in [0.15, 0.2) is 47.1 Å². The summed E-state index contributed by atoms with van der Waals surface area (Å²) in [4.78, 5) is 54.6. The number of imide groups is 1. The van der Waals surface area contributed by atoms with Crippen LogP contribution in [0.2, 0.25) is 0 Å². The zero-order chi connectivity index (χ0) is 19.8. The number of carbonyl (C=O) groups excluding carboxylic acids is 4. The fourth-order valence-electron chi connectivity index (χ4n) is 3.62. The molecule has 1 unspecified atom stereocenters. The van der Waals surface area contributed by atoms with Gasteiger partial charge in [-0.05, 0) is 31.2 Å². The quantitative estimate of drug-likeness (QED) is 0.747. The molecule has 1 aromatic carbocycles. The second-order valence-electron chi connectivity index (χ2n) is 6.80. The van der Waals surface area contributed by atoms with Gasteiger partial charge in [0.15, 0.2) is 5.76 Å². The predicted octanol–water partition coefficient (Wildman–Crippen LogP) is 1.25. The van der Waals surface area contributed by atoms with Gasteiger partial charge in [0, 0.05) is 26.2 Å². The first kappa shape index (κ1) is 18.0. The number of piperazine rings is 1. The van der Waals surface area contributed by atoms with Gasteiger partial charge in [-0.1, -0.05) is 12.1 Å². The topological polar surface area (TPSA) is 91.1 Å². The van der Waals surface area contributed by atoms with Crippen molar-refractivity contribution in [2.24, 2.45) is 0 Å². The summed E-state index contributed by atoms with van der Waals surface area (Å²) in [5, 5.41) is 0. The number of amides is 4. The Hall–Kier alpha value is -3.42. The average Bonchev–Trinajstić information content (AvgIpc) is 3.35. The van der Waals surface area contributed by atoms with Crippen LogP contribution in [0.4, 0.5) is 0 Å². The maximum absolute atomic E-state index is 12.9. The number of benzene rings is 1. The van der Waals surface area contributed by atoms with Gasteiger partial charge >= 0.3 is 0 Å². The minimum Gasteiger partial charge on any atom is -0.459 e. The zero-order valence-corrected chi connectivity index (χ0v) is 15.3. The van der Waals surface area contributed by atoms with Crippen molar-refractivity contribution in [1.29, 1.82) is 0 Å². The van der Waals surface area contributed by atoms with E-state index in [0.29, 0.717) is 37.3 Å². The first-order chi connectivity index (χ1) is 13.5. The van der Waals surface area contributed by atoms with E-state index in [1.165, 1.54) is 6.26 Å². The predicted molar refractivity (Wildman–Crippen MR) is 97.6 cm³/mol. The molecule has 0 radical (unpaired) electrons. The highest BCUT2D eigenvalue weighted by Crippen LogP contribution is 2.25. The molecule has 1 atom stereocenters. The Bertz CT molecular complexity index is 910. The standard InChI is InChI=1S/C20H19N3O5/c1-13(23-18(25)14-5-2-3-6-15(14)19(23)26)17(24)21-8-10-22(11-9-21)20(27)16-7-4-12-28-16/h2-7,12-13H,8-11H2,1H3. The molecule has 4 amide bonds. The second-order valence-corrected chi connectivity index (χ2v) is 6.80. The van der Waals surface area contributed by atoms with Crippen LogP contribution in [-0.2, 0) is 4.79 Å². The van der Waals surface area contributed by atoms with E-state index < -0.39 is 17.9 Å². The Morgan fingerprint density at radius 1 is 0.893 bits per heavy atom. The van der Waals surface area contributed by atoms with Crippen LogP contribution in [0.3, 0.4) is 0 Å². The number of fused-ring (bicyclic) bond motifs is 1. The maximum atomic E-state index is 12.9. The van der Waals surface area contributed by atoms with Crippen molar-refractivity contribution < 1.29 is 23.6 Å². The number of nitrogens with zero attached hydrogens (tertiary/aromatic N) is 3. The molecule has 3 heterocycles. The van der Waals surface area contributed by atoms with Gasteiger partial charge in [-0.2, -0.15) is 0 Å². The van der Waals surface area contributed by atoms with Crippen molar-refractivity contribution >= 4 is 23.6 Å². The summed E-state index contributed by atoms with van der Waals surface area (Å²) in [6.07, 6.45) is 1.44. The molecule has 1 aromatic heterocycles. The molecule has 8 nitrogen and oxygen atoms in total. The minimum absolute atomic E-state index is 0.217. The third-order valence-electron chi connectivity index (χ3n) is 5.18. The highest BCUT2D eigenvalue weighted by atomic mass is 16.3. The normalized spacial score (nSPS) is 17.7. The Balaban J connectivity index is 1.41. The fourth-order valence-corrected chi connectivity index (χ4v) is 3.62. The van der Waals surface area contributed by atoms with E-state index in [-0.39, 0.29) is 17.6 Å². The van der Waals surface area contributed by atoms with E-state index in [2.05, 4.69) is 0 Å². The average molecular weight is 381 g/mol. The van der Waals surface area contributed by atoms with Crippen LogP contribution >= 0.6 is 0 Å². The van der Waals surface area contributed by atoms with E-state index in [0.717, 1.165) is 4.90 Å². The summed E-state index contributed by atoms with van der Waals surface area (Å²) in [7, 11) is 0. The third-order valence-corrected chi connectivity index (χ3v) is 5.18. The Morgan fingerprint density at radius 3 is 2.00 bits per heavy atom. The highest BCUT2D eigenvalue weighted by molar-refractivity contribution is 6.22. The van der Waals surface area contributed by atoms with Crippen molar-refractivity contribution in [2.75, 3.05) is 26.2 Å². The van der Waals surface area contributed by atoms with E-state index in [1.54, 1.807) is 53.1 Å². The van der Waals surface area contributed by atoms with Crippen molar-refractivity contribution in [1.82, 2.24) is 14.7 Å². The Kier molecular flexibility index (Phi) is 4.46. The third kappa shape index (κ3) is 2.87. The molecule has 0 spiro atoms. The van der Waals surface area contributed by atoms with E-state index in [4.69, 9.17) is 4.42 Å². The highest BCUT2D eigenvalue weighted by Gasteiger charge is 2.42. The molecule has 2 aliphatic heterocycles. The van der Waals surface area contributed by atoms with Gasteiger partial charge in [0.2, 0.25) is 5.91 Å². The molecule has 0 bridgehead atoms. The smallest absolute Gasteiger partial charge is 0.289 e. The summed E-state index contributed by atoms with van der Waals surface area (Å²) in [5.41, 5.74) is 0.641. The van der Waals surface area contributed by atoms with Gasteiger partial charge in [0.1, 0.15) is 6.04 Å². The summed E-state index contributed by atoms with van der Waals surface area (Å²) in [5.74, 6) is -1.16. The number of rotatable bonds is 3. The van der Waals surface area contributed by atoms with Crippen LogP contribution in [0, 0.1) is 0 Å². The van der Waals surface area contributed by atoms with Crippen LogP contribution < -0.4 is 0 Å². The molecule has 0 saturated carbocycles. The molecule has 2 aromatic rings. The fraction of sp³-hybridized carbons (Fsp3) is 0.300. The molecule has 144 valence electrons. The molecule has 8 heteroatoms. The van der Waals surface area contributed by atoms with Gasteiger partial charge < -0.3 is 14.2 Å². The first-order valence-electron chi connectivity index (χ1n) is 9.07. The Morgan fingerprint density at radius 2 is 1.46 bits per heavy atom. The lowest BCUT2D eigenvalue weighted by Crippen LogP contribution is -2.56. The summed E-state index contributed by atoms with van der Waals surface area (Å²) in [6.45, 7) is 2.95. The lowest BCUT2D eigenvalue weighted by molar-refractivity contribution is -0.136. The molecule has 1 saturated heterocycles. The second kappa shape index (κ2) is 6.95. The molecule has 28 heavy (non-hydrogen) atoms. The van der Waals surface area contributed by atoms with Gasteiger partial charge in [-0.15, -0.1) is 0 Å². The van der Waals surface area contributed by atoms with Crippen LogP contribution in [0.5, 0.6) is 0 Å². The van der Waals surface area contributed by atoms with Crippen LogP contribution in [0.25, 0.3) is 0 Å². The first-order valence-corrected chi connectivity index (χ1v) is 9.07. The Labute approximate surface area is 161 Å². The summed E-state index contributed by atoms with van der Waals surface area (Å²) < 4.78 is 5.13. The van der Waals surface area contributed by atoms with Gasteiger partial charge in [-0.25, -0.2) is 0 Å². The molecule has 0 aliphatic carbocycles. The number of hydrogen-bond donors (Lipinski definition) is 0. The molecular formula is C20H19N3O5. The van der Waals surface area contributed by atoms with Crippen molar-refractivity contribution in [3.63, 3.8) is 0 Å². The van der Waals surface area contributed by atoms with E-state index in [9.17, 15) is 19.2 Å². The molecule has 4 rings (SSSR count). The van der Waals surface area contributed by atoms with Gasteiger partial charge in [-0.3, -0.25) is 24.1 Å². The zero-order valence-electron chi connectivity index (χ0n) is 15.3. The van der Waals surface area contributed by atoms with Crippen molar-refractivity contribution in [3.05, 3.63) is 59.5 Å². The number of furan rings is 1. The van der Waals surface area contributed by atoms with Crippen molar-refractivity contribution in [2.45, 2.75) is 13.0 Å². The van der Waals surface area contributed by atoms with Crippen LogP contribution in [0.1, 0.15) is 38.2 Å². The van der Waals surface area contributed by atoms with E-state index in [1.807, 2.05) is 0 Å². The number of hydrogen-bond acceptors (Lipinski definition) is 5. The maximum Gasteiger partial charge on any atom is 0.289 e. The van der Waals surface area contributed by atoms with Gasteiger partial charge in [0.25, 0.3) is 17.7 Å². The molecule has 0 N–H and O–H groups in total.